The van der Waals surface area contributed by atoms with Crippen molar-refractivity contribution in [3.05, 3.63) is 65.0 Å². The summed E-state index contributed by atoms with van der Waals surface area (Å²) in [5.74, 6) is -2.65. The largest absolute Gasteiger partial charge is 0.462 e. The first-order chi connectivity index (χ1) is 20.2. The molecule has 0 bridgehead atoms. The molecule has 0 amide bonds. The number of hydrogen-bond donors (Lipinski definition) is 3. The van der Waals surface area contributed by atoms with Gasteiger partial charge < -0.3 is 29.4 Å². The number of fused-ring (bicyclic) bond motifs is 1. The van der Waals surface area contributed by atoms with Gasteiger partial charge in [0.15, 0.2) is 29.6 Å². The molecule has 0 aliphatic carbocycles. The van der Waals surface area contributed by atoms with Crippen LogP contribution in [0.1, 0.15) is 27.0 Å². The van der Waals surface area contributed by atoms with Gasteiger partial charge >= 0.3 is 18.3 Å². The number of aliphatic hydroxyl groups excluding tert-OH is 1. The number of esters is 1. The number of benzene rings is 2. The second kappa shape index (κ2) is 12.8. The van der Waals surface area contributed by atoms with Gasteiger partial charge in [-0.2, -0.15) is 4.98 Å². The number of aromatic nitrogens is 2. The summed E-state index contributed by atoms with van der Waals surface area (Å²) in [7, 11) is 0. The van der Waals surface area contributed by atoms with Crippen molar-refractivity contribution in [2.45, 2.75) is 63.4 Å². The molecule has 43 heavy (non-hydrogen) atoms. The van der Waals surface area contributed by atoms with Gasteiger partial charge in [0, 0.05) is 0 Å². The van der Waals surface area contributed by atoms with E-state index in [-0.39, 0.29) is 5.75 Å². The first-order valence-corrected chi connectivity index (χ1v) is 15.5. The van der Waals surface area contributed by atoms with Crippen molar-refractivity contribution in [3.8, 4) is 5.75 Å². The second-order valence-corrected chi connectivity index (χ2v) is 13.2. The molecule has 2 aromatic carbocycles. The van der Waals surface area contributed by atoms with E-state index in [0.717, 1.165) is 10.8 Å². The fraction of sp³-hybridized carbons (Fsp3) is 0.423. The van der Waals surface area contributed by atoms with Crippen LogP contribution in [-0.4, -0.2) is 63.7 Å². The zero-order valence-electron chi connectivity index (χ0n) is 23.0. The molecule has 17 heteroatoms. The third-order valence-electron chi connectivity index (χ3n) is 6.44. The molecule has 234 valence electrons. The van der Waals surface area contributed by atoms with E-state index in [4.69, 9.17) is 36.1 Å². The zero-order chi connectivity index (χ0) is 31.7. The maximum absolute atomic E-state index is 15.5. The fourth-order valence-corrected chi connectivity index (χ4v) is 6.68. The van der Waals surface area contributed by atoms with E-state index in [2.05, 4.69) is 10.1 Å². The third kappa shape index (κ3) is 7.00. The van der Waals surface area contributed by atoms with Crippen LogP contribution in [0, 0.1) is 5.82 Å². The Morgan fingerprint density at radius 3 is 2.58 bits per heavy atom. The van der Waals surface area contributed by atoms with Crippen molar-refractivity contribution in [1.29, 1.82) is 0 Å². The van der Waals surface area contributed by atoms with E-state index in [1.165, 1.54) is 13.0 Å². The highest BCUT2D eigenvalue weighted by atomic mass is 32.5. The average Bonchev–Trinajstić information content (AvgIpc) is 3.19. The summed E-state index contributed by atoms with van der Waals surface area (Å²) in [5.41, 5.74) is 0.756. The predicted octanol–water partition coefficient (Wildman–Crippen LogP) is 3.60. The second-order valence-electron chi connectivity index (χ2n) is 10.0. The Hall–Kier alpha value is -3.14. The molecule has 4 N–H and O–H groups in total. The van der Waals surface area contributed by atoms with Crippen LogP contribution >= 0.6 is 6.64 Å². The molecule has 3 aromatic rings. The van der Waals surface area contributed by atoms with E-state index in [0.29, 0.717) is 10.8 Å². The number of hydrogen-bond acceptors (Lipinski definition) is 10. The van der Waals surface area contributed by atoms with E-state index in [1.807, 2.05) is 12.1 Å². The summed E-state index contributed by atoms with van der Waals surface area (Å²) in [5, 5.41) is 14.7. The summed E-state index contributed by atoms with van der Waals surface area (Å²) in [6, 6.07) is 10.9. The number of nitrogens with zero attached hydrogens (tertiary/aromatic N) is 2. The topological polar surface area (TPSA) is 147 Å². The maximum atomic E-state index is 15.5. The Bertz CT molecular complexity index is 1600. The van der Waals surface area contributed by atoms with E-state index in [1.54, 1.807) is 38.1 Å². The molecule has 11 nitrogen and oxygen atoms in total. The maximum Gasteiger partial charge on any atom is 0.351 e. The number of ether oxygens (including phenoxy) is 2. The van der Waals surface area contributed by atoms with Crippen molar-refractivity contribution >= 4 is 41.0 Å². The normalized spacial score (nSPS) is 24.3. The number of alkyl halides is 3. The number of nitrogens with two attached hydrogens (primary N) is 1. The van der Waals surface area contributed by atoms with Crippen molar-refractivity contribution in [2.75, 3.05) is 12.3 Å². The first kappa shape index (κ1) is 32.8. The molecule has 0 saturated carbocycles. The lowest BCUT2D eigenvalue weighted by Crippen LogP contribution is -2.51. The molecule has 0 radical (unpaired) electrons. The molecular formula is C26H29F4N4O7PS. The lowest BCUT2D eigenvalue weighted by molar-refractivity contribution is -0.182. The Morgan fingerprint density at radius 2 is 1.93 bits per heavy atom. The van der Waals surface area contributed by atoms with Gasteiger partial charge in [0.05, 0.1) is 18.9 Å². The van der Waals surface area contributed by atoms with Crippen molar-refractivity contribution < 1.29 is 46.0 Å². The first-order valence-electron chi connectivity index (χ1n) is 12.9. The summed E-state index contributed by atoms with van der Waals surface area (Å²) >= 11 is 5.56. The molecule has 1 fully saturated rings. The van der Waals surface area contributed by atoms with Crippen molar-refractivity contribution in [3.63, 3.8) is 0 Å². The summed E-state index contributed by atoms with van der Waals surface area (Å²) < 4.78 is 80.9. The quantitative estimate of drug-likeness (QED) is 0.159. The predicted molar refractivity (Wildman–Crippen MR) is 151 cm³/mol. The molecule has 6 unspecified atom stereocenters. The monoisotopic (exact) mass is 648 g/mol. The van der Waals surface area contributed by atoms with E-state index >= 15 is 4.39 Å². The molecular weight excluding hydrogens is 619 g/mol. The minimum absolute atomic E-state index is 0.141. The van der Waals surface area contributed by atoms with Gasteiger partial charge in [-0.15, -0.1) is 0 Å². The Balaban J connectivity index is 1.66. The molecule has 1 aliphatic rings. The molecule has 1 aromatic heterocycles. The Labute approximate surface area is 248 Å². The van der Waals surface area contributed by atoms with Crippen LogP contribution in [0.15, 0.2) is 53.5 Å². The molecule has 6 atom stereocenters. The third-order valence-corrected chi connectivity index (χ3v) is 8.92. The van der Waals surface area contributed by atoms with Crippen LogP contribution in [0.2, 0.25) is 0 Å². The lowest BCUT2D eigenvalue weighted by Gasteiger charge is -2.33. The number of carbonyl (C=O) groups is 1. The molecule has 2 heterocycles. The number of aliphatic hydroxyl groups is 1. The SMILES string of the molecule is CC(C)OC(=O)C(C)NP(=S)(OCC1(C(F)F)OC(n2cc(F)c(N)nc2=O)C(O)C1F)Oc1ccc2ccccc2c1. The van der Waals surface area contributed by atoms with Crippen LogP contribution in [0.3, 0.4) is 0 Å². The van der Waals surface area contributed by atoms with Gasteiger partial charge in [-0.25, -0.2) is 27.4 Å². The van der Waals surface area contributed by atoms with Gasteiger partial charge in [0.2, 0.25) is 0 Å². The van der Waals surface area contributed by atoms with Gasteiger partial charge in [-0.05, 0) is 55.5 Å². The van der Waals surface area contributed by atoms with Gasteiger partial charge in [0.25, 0.3) is 6.43 Å². The van der Waals surface area contributed by atoms with Crippen LogP contribution in [0.5, 0.6) is 5.75 Å². The number of nitrogen functional groups attached to an aromatic ring is 1. The standard InChI is InChI=1S/C26H29F4N4O7PS/c1-13(2)39-23(36)14(3)33-42(43,41-17-9-8-15-6-4-5-7-16(15)10-17)38-12-26(24(29)30)20(28)19(35)22(40-26)34-11-18(27)21(31)32-25(34)37/h4-11,13-14,19-20,22,24,35H,12H2,1-3H3,(H,33,43)(H2,31,32,37). The zero-order valence-corrected chi connectivity index (χ0v) is 24.7. The lowest BCUT2D eigenvalue weighted by atomic mass is 9.98. The van der Waals surface area contributed by atoms with Crippen molar-refractivity contribution in [1.82, 2.24) is 14.6 Å². The highest BCUT2D eigenvalue weighted by Crippen LogP contribution is 2.50. The summed E-state index contributed by atoms with van der Waals surface area (Å²) in [6.45, 7) is -0.718. The van der Waals surface area contributed by atoms with Crippen LogP contribution in [0.4, 0.5) is 23.4 Å². The summed E-state index contributed by atoms with van der Waals surface area (Å²) in [6.07, 6.45) is -11.1. The number of anilines is 1. The molecule has 4 rings (SSSR count). The number of nitrogens with one attached hydrogen (secondary N) is 1. The molecule has 1 aliphatic heterocycles. The molecule has 0 spiro atoms. The van der Waals surface area contributed by atoms with Gasteiger partial charge in [-0.1, -0.05) is 30.3 Å². The van der Waals surface area contributed by atoms with Crippen LogP contribution < -0.4 is 21.0 Å². The number of rotatable bonds is 11. The smallest absolute Gasteiger partial charge is 0.351 e. The Kier molecular flexibility index (Phi) is 9.79. The fourth-order valence-electron chi connectivity index (χ4n) is 4.27. The average molecular weight is 649 g/mol. The highest BCUT2D eigenvalue weighted by Gasteiger charge is 2.62. The van der Waals surface area contributed by atoms with E-state index < -0.39 is 79.2 Å². The number of halogens is 4. The minimum Gasteiger partial charge on any atom is -0.462 e. The Morgan fingerprint density at radius 1 is 1.26 bits per heavy atom. The van der Waals surface area contributed by atoms with Crippen molar-refractivity contribution in [2.24, 2.45) is 0 Å². The molecule has 1 saturated heterocycles. The van der Waals surface area contributed by atoms with Gasteiger partial charge in [-0.3, -0.25) is 9.36 Å². The van der Waals surface area contributed by atoms with Crippen LogP contribution in [-0.2, 0) is 30.6 Å². The van der Waals surface area contributed by atoms with Crippen LogP contribution in [0.25, 0.3) is 10.8 Å². The van der Waals surface area contributed by atoms with E-state index in [9.17, 15) is 27.9 Å². The minimum atomic E-state index is -4.01. The highest BCUT2D eigenvalue weighted by molar-refractivity contribution is 8.09. The summed E-state index contributed by atoms with van der Waals surface area (Å²) in [4.78, 5) is 28.0. The number of carbonyl (C=O) groups excluding carboxylic acids is 1. The van der Waals surface area contributed by atoms with Gasteiger partial charge in [0.1, 0.15) is 17.9 Å².